The lowest BCUT2D eigenvalue weighted by Crippen LogP contribution is -2.40. The monoisotopic (exact) mass is 445 g/mol. The predicted molar refractivity (Wildman–Crippen MR) is 115 cm³/mol. The Morgan fingerprint density at radius 2 is 1.27 bits per heavy atom. The minimum Gasteiger partial charge on any atom is -0.375 e. The van der Waals surface area contributed by atoms with Crippen molar-refractivity contribution < 1.29 is 21.6 Å². The molecule has 6 nitrogen and oxygen atoms in total. The molecule has 158 valence electrons. The van der Waals surface area contributed by atoms with Gasteiger partial charge in [-0.1, -0.05) is 69.9 Å². The van der Waals surface area contributed by atoms with Gasteiger partial charge < -0.3 is 4.74 Å². The van der Waals surface area contributed by atoms with E-state index in [9.17, 15) is 16.8 Å². The Balaban J connectivity index is 2.13. The standard InChI is InChI=1S/C22H23NO5S2/c1-18-10-9-11-19(16-18)22(28-2)17-23(29(24,25)20-12-5-3-6-13-20)30(26,27)21-14-7-4-8-15-21/h3-16,22H,17H2,1-2H3. The average molecular weight is 446 g/mol. The Morgan fingerprint density at radius 1 is 0.767 bits per heavy atom. The second-order valence-corrected chi connectivity index (χ2v) is 10.7. The van der Waals surface area contributed by atoms with E-state index in [1.807, 2.05) is 25.1 Å². The number of rotatable bonds is 8. The summed E-state index contributed by atoms with van der Waals surface area (Å²) in [6.07, 6.45) is -0.776. The van der Waals surface area contributed by atoms with Crippen molar-refractivity contribution in [3.63, 3.8) is 0 Å². The van der Waals surface area contributed by atoms with Gasteiger partial charge in [0.25, 0.3) is 20.0 Å². The molecular formula is C22H23NO5S2. The van der Waals surface area contributed by atoms with Gasteiger partial charge in [0.1, 0.15) is 0 Å². The maximum absolute atomic E-state index is 13.4. The number of benzene rings is 3. The fourth-order valence-electron chi connectivity index (χ4n) is 3.07. The first-order chi connectivity index (χ1) is 14.3. The molecule has 3 aromatic rings. The van der Waals surface area contributed by atoms with Crippen LogP contribution in [0.3, 0.4) is 0 Å². The molecule has 3 aromatic carbocycles. The van der Waals surface area contributed by atoms with Crippen molar-refractivity contribution in [1.29, 1.82) is 0 Å². The molecule has 0 aliphatic heterocycles. The molecule has 0 radical (unpaired) electrons. The Kier molecular flexibility index (Phi) is 6.72. The van der Waals surface area contributed by atoms with Gasteiger partial charge in [0.2, 0.25) is 0 Å². The minimum absolute atomic E-state index is 0.108. The maximum atomic E-state index is 13.4. The third-order valence-corrected chi connectivity index (χ3v) is 8.92. The summed E-state index contributed by atoms with van der Waals surface area (Å²) in [6, 6.07) is 22.4. The number of hydrogen-bond donors (Lipinski definition) is 0. The van der Waals surface area contributed by atoms with Crippen molar-refractivity contribution in [1.82, 2.24) is 3.71 Å². The van der Waals surface area contributed by atoms with E-state index in [-0.39, 0.29) is 9.79 Å². The van der Waals surface area contributed by atoms with Gasteiger partial charge >= 0.3 is 0 Å². The molecule has 0 fully saturated rings. The smallest absolute Gasteiger partial charge is 0.256 e. The summed E-state index contributed by atoms with van der Waals surface area (Å²) >= 11 is 0. The van der Waals surface area contributed by atoms with E-state index < -0.39 is 32.7 Å². The quantitative estimate of drug-likeness (QED) is 0.527. The van der Waals surface area contributed by atoms with Crippen molar-refractivity contribution in [3.05, 3.63) is 96.1 Å². The average Bonchev–Trinajstić information content (AvgIpc) is 2.75. The van der Waals surface area contributed by atoms with Gasteiger partial charge in [0, 0.05) is 7.11 Å². The van der Waals surface area contributed by atoms with Crippen LogP contribution >= 0.6 is 0 Å². The summed E-state index contributed by atoms with van der Waals surface area (Å²) in [5, 5.41) is 0. The minimum atomic E-state index is -4.36. The lowest BCUT2D eigenvalue weighted by atomic mass is 10.1. The number of hydrogen-bond acceptors (Lipinski definition) is 5. The molecule has 0 amide bonds. The Morgan fingerprint density at radius 3 is 1.70 bits per heavy atom. The van der Waals surface area contributed by atoms with Gasteiger partial charge in [-0.3, -0.25) is 0 Å². The molecule has 0 aliphatic rings. The fourth-order valence-corrected chi connectivity index (χ4v) is 6.75. The molecule has 0 aliphatic carbocycles. The molecule has 0 spiro atoms. The fraction of sp³-hybridized carbons (Fsp3) is 0.182. The molecular weight excluding hydrogens is 422 g/mol. The largest absolute Gasteiger partial charge is 0.375 e. The van der Waals surface area contributed by atoms with Crippen LogP contribution < -0.4 is 0 Å². The predicted octanol–water partition coefficient (Wildman–Crippen LogP) is 3.76. The van der Waals surface area contributed by atoms with E-state index >= 15 is 0 Å². The molecule has 0 aromatic heterocycles. The van der Waals surface area contributed by atoms with E-state index in [4.69, 9.17) is 4.74 Å². The van der Waals surface area contributed by atoms with Crippen LogP contribution in [-0.4, -0.2) is 34.2 Å². The molecule has 0 N–H and O–H groups in total. The van der Waals surface area contributed by atoms with Crippen molar-refractivity contribution in [3.8, 4) is 0 Å². The Labute approximate surface area is 177 Å². The van der Waals surface area contributed by atoms with Crippen LogP contribution in [0.1, 0.15) is 17.2 Å². The van der Waals surface area contributed by atoms with Crippen molar-refractivity contribution >= 4 is 20.0 Å². The molecule has 0 heterocycles. The van der Waals surface area contributed by atoms with Crippen LogP contribution in [0.5, 0.6) is 0 Å². The van der Waals surface area contributed by atoms with E-state index in [1.165, 1.54) is 31.4 Å². The molecule has 0 saturated heterocycles. The van der Waals surface area contributed by atoms with Gasteiger partial charge in [0.05, 0.1) is 22.4 Å². The van der Waals surface area contributed by atoms with Crippen LogP contribution in [0.2, 0.25) is 0 Å². The lowest BCUT2D eigenvalue weighted by molar-refractivity contribution is 0.0962. The molecule has 1 unspecified atom stereocenters. The first-order valence-corrected chi connectivity index (χ1v) is 12.1. The Hall–Kier alpha value is -2.52. The molecule has 30 heavy (non-hydrogen) atoms. The highest BCUT2D eigenvalue weighted by Crippen LogP contribution is 2.29. The van der Waals surface area contributed by atoms with Gasteiger partial charge in [-0.15, -0.1) is 0 Å². The molecule has 3 rings (SSSR count). The Bertz CT molecular complexity index is 1130. The lowest BCUT2D eigenvalue weighted by Gasteiger charge is -2.26. The van der Waals surface area contributed by atoms with Gasteiger partial charge in [-0.25, -0.2) is 16.8 Å². The first-order valence-electron chi connectivity index (χ1n) is 9.24. The summed E-state index contributed by atoms with van der Waals surface area (Å²) in [6.45, 7) is 1.50. The SMILES string of the molecule is COC(CN(S(=O)(=O)c1ccccc1)S(=O)(=O)c1ccccc1)c1cccc(C)c1. The summed E-state index contributed by atoms with van der Waals surface area (Å²) < 4.78 is 59.6. The zero-order chi connectivity index (χ0) is 21.8. The van der Waals surface area contributed by atoms with Crippen LogP contribution in [0.4, 0.5) is 0 Å². The van der Waals surface area contributed by atoms with E-state index in [1.54, 1.807) is 42.5 Å². The maximum Gasteiger partial charge on any atom is 0.256 e. The van der Waals surface area contributed by atoms with Crippen LogP contribution in [-0.2, 0) is 24.8 Å². The number of ether oxygens (including phenoxy) is 1. The number of methoxy groups -OCH3 is 1. The molecule has 8 heteroatoms. The first kappa shape index (κ1) is 22.2. The zero-order valence-corrected chi connectivity index (χ0v) is 18.3. The number of sulfonamides is 2. The van der Waals surface area contributed by atoms with Gasteiger partial charge in [-0.2, -0.15) is 0 Å². The summed E-state index contributed by atoms with van der Waals surface area (Å²) in [7, 11) is -7.30. The van der Waals surface area contributed by atoms with Crippen LogP contribution in [0.25, 0.3) is 0 Å². The van der Waals surface area contributed by atoms with E-state index in [0.717, 1.165) is 5.56 Å². The summed E-state index contributed by atoms with van der Waals surface area (Å²) in [4.78, 5) is -0.216. The number of aryl methyl sites for hydroxylation is 1. The third-order valence-electron chi connectivity index (χ3n) is 4.63. The number of nitrogens with zero attached hydrogens (tertiary/aromatic N) is 1. The van der Waals surface area contributed by atoms with Crippen molar-refractivity contribution in [2.24, 2.45) is 0 Å². The highest BCUT2D eigenvalue weighted by atomic mass is 32.3. The van der Waals surface area contributed by atoms with Crippen LogP contribution in [0, 0.1) is 6.92 Å². The second kappa shape index (κ2) is 9.09. The molecule has 0 bridgehead atoms. The van der Waals surface area contributed by atoms with Crippen molar-refractivity contribution in [2.45, 2.75) is 22.8 Å². The molecule has 1 atom stereocenters. The highest BCUT2D eigenvalue weighted by Gasteiger charge is 2.38. The van der Waals surface area contributed by atoms with E-state index in [2.05, 4.69) is 0 Å². The van der Waals surface area contributed by atoms with Crippen molar-refractivity contribution in [2.75, 3.05) is 13.7 Å². The van der Waals surface area contributed by atoms with E-state index in [0.29, 0.717) is 9.27 Å². The zero-order valence-electron chi connectivity index (χ0n) is 16.7. The highest BCUT2D eigenvalue weighted by molar-refractivity contribution is 8.04. The summed E-state index contributed by atoms with van der Waals surface area (Å²) in [5.41, 5.74) is 1.65. The topological polar surface area (TPSA) is 80.8 Å². The van der Waals surface area contributed by atoms with Crippen LogP contribution in [0.15, 0.2) is 94.7 Å². The van der Waals surface area contributed by atoms with Gasteiger partial charge in [-0.05, 0) is 36.8 Å². The summed E-state index contributed by atoms with van der Waals surface area (Å²) in [5.74, 6) is 0. The second-order valence-electron chi connectivity index (χ2n) is 6.73. The third kappa shape index (κ3) is 4.62. The normalized spacial score (nSPS) is 13.3. The molecule has 0 saturated carbocycles. The van der Waals surface area contributed by atoms with Gasteiger partial charge in [0.15, 0.2) is 0 Å².